The summed E-state index contributed by atoms with van der Waals surface area (Å²) < 4.78 is 5.71. The predicted octanol–water partition coefficient (Wildman–Crippen LogP) is 4.92. The Labute approximate surface area is 209 Å². The number of aryl methyl sites for hydroxylation is 2. The van der Waals surface area contributed by atoms with Crippen LogP contribution in [-0.4, -0.2) is 53.5 Å². The number of fused-ring (bicyclic) bond motifs is 1. The fourth-order valence-corrected chi connectivity index (χ4v) is 6.47. The number of amides is 2. The van der Waals surface area contributed by atoms with Gasteiger partial charge in [0.05, 0.1) is 17.5 Å². The van der Waals surface area contributed by atoms with Crippen molar-refractivity contribution in [3.05, 3.63) is 70.8 Å². The van der Waals surface area contributed by atoms with Gasteiger partial charge >= 0.3 is 0 Å². The van der Waals surface area contributed by atoms with Crippen molar-refractivity contribution < 1.29 is 14.3 Å². The first-order valence-corrected chi connectivity index (χ1v) is 13.3. The van der Waals surface area contributed by atoms with Crippen LogP contribution in [0.2, 0.25) is 0 Å². The third-order valence-electron chi connectivity index (χ3n) is 8.43. The van der Waals surface area contributed by atoms with E-state index in [4.69, 9.17) is 4.74 Å². The van der Waals surface area contributed by atoms with Gasteiger partial charge in [0.25, 0.3) is 0 Å². The number of carbonyl (C=O) groups is 2. The van der Waals surface area contributed by atoms with E-state index in [9.17, 15) is 9.59 Å². The highest BCUT2D eigenvalue weighted by Gasteiger charge is 2.50. The Balaban J connectivity index is 1.45. The van der Waals surface area contributed by atoms with E-state index in [2.05, 4.69) is 72.2 Å². The molecule has 35 heavy (non-hydrogen) atoms. The maximum Gasteiger partial charge on any atom is 0.233 e. The summed E-state index contributed by atoms with van der Waals surface area (Å²) in [6.07, 6.45) is 5.75. The monoisotopic (exact) mass is 474 g/mol. The second-order valence-corrected chi connectivity index (χ2v) is 10.7. The Hall–Kier alpha value is -2.66. The normalized spacial score (nSPS) is 24.6. The molecule has 2 aromatic rings. The van der Waals surface area contributed by atoms with Crippen molar-refractivity contribution in [2.24, 2.45) is 0 Å². The number of hydrogen-bond acceptors (Lipinski definition) is 3. The summed E-state index contributed by atoms with van der Waals surface area (Å²) in [6.45, 7) is 6.75. The molecular weight excluding hydrogens is 436 g/mol. The van der Waals surface area contributed by atoms with E-state index in [1.54, 1.807) is 0 Å². The molecule has 2 aromatic carbocycles. The molecule has 3 heterocycles. The molecule has 0 unspecified atom stereocenters. The number of carbonyl (C=O) groups excluding carboxylic acids is 2. The van der Waals surface area contributed by atoms with Gasteiger partial charge in [0.15, 0.2) is 0 Å². The van der Waals surface area contributed by atoms with Crippen LogP contribution >= 0.6 is 0 Å². The number of rotatable bonds is 4. The average molecular weight is 475 g/mol. The molecule has 0 spiro atoms. The Bertz CT molecular complexity index is 1060. The van der Waals surface area contributed by atoms with Crippen molar-refractivity contribution in [3.63, 3.8) is 0 Å². The number of hydrogen-bond donors (Lipinski definition) is 0. The minimum Gasteiger partial charge on any atom is -0.381 e. The molecular formula is C30H38N2O3. The third kappa shape index (κ3) is 4.75. The fraction of sp³-hybridized carbons (Fsp3) is 0.533. The van der Waals surface area contributed by atoms with Crippen molar-refractivity contribution in [1.29, 1.82) is 0 Å². The van der Waals surface area contributed by atoms with Gasteiger partial charge in [-0.05, 0) is 57.1 Å². The highest BCUT2D eigenvalue weighted by molar-refractivity contribution is 5.89. The number of likely N-dealkylation sites (tertiary alicyclic amines) is 2. The highest BCUT2D eigenvalue weighted by atomic mass is 16.5. The average Bonchev–Trinajstić information content (AvgIpc) is 3.27. The van der Waals surface area contributed by atoms with Gasteiger partial charge in [-0.25, -0.2) is 0 Å². The molecule has 2 atom stereocenters. The van der Waals surface area contributed by atoms with Crippen LogP contribution < -0.4 is 0 Å². The second kappa shape index (κ2) is 10.1. The number of benzene rings is 2. The topological polar surface area (TPSA) is 49.9 Å². The Morgan fingerprint density at radius 3 is 2.49 bits per heavy atom. The molecule has 3 fully saturated rings. The van der Waals surface area contributed by atoms with Crippen molar-refractivity contribution in [1.82, 2.24) is 9.80 Å². The van der Waals surface area contributed by atoms with E-state index in [0.29, 0.717) is 39.0 Å². The molecule has 2 amide bonds. The van der Waals surface area contributed by atoms with E-state index in [-0.39, 0.29) is 23.9 Å². The zero-order valence-corrected chi connectivity index (χ0v) is 21.2. The summed E-state index contributed by atoms with van der Waals surface area (Å²) in [4.78, 5) is 32.0. The summed E-state index contributed by atoms with van der Waals surface area (Å²) in [5.74, 6) is 0.468. The largest absolute Gasteiger partial charge is 0.381 e. The summed E-state index contributed by atoms with van der Waals surface area (Å²) in [5, 5.41) is 0. The van der Waals surface area contributed by atoms with E-state index < -0.39 is 5.41 Å². The van der Waals surface area contributed by atoms with Gasteiger partial charge in [-0.15, -0.1) is 0 Å². The number of nitrogens with zero attached hydrogens (tertiary/aromatic N) is 2. The molecule has 3 aliphatic heterocycles. The van der Waals surface area contributed by atoms with Gasteiger partial charge in [-0.2, -0.15) is 0 Å². The van der Waals surface area contributed by atoms with E-state index in [0.717, 1.165) is 37.8 Å². The standard InChI is InChI=1S/C30H38N2O3/c1-22-10-12-25(13-11-22)30(15-18-35-19-16-30)29(34)31-17-14-27-26(31)8-3-4-9-28(33)32(27)21-24-7-5-6-23(2)20-24/h5-7,10-13,20,26-27H,3-4,8-9,14-19,21H2,1-2H3/t26-,27+/m0/s1. The molecule has 5 rings (SSSR count). The van der Waals surface area contributed by atoms with Gasteiger partial charge in [0, 0.05) is 32.7 Å². The van der Waals surface area contributed by atoms with Crippen molar-refractivity contribution >= 4 is 11.8 Å². The molecule has 3 aliphatic rings. The minimum absolute atomic E-state index is 0.0849. The maximum atomic E-state index is 14.4. The molecule has 0 bridgehead atoms. The van der Waals surface area contributed by atoms with Crippen LogP contribution in [-0.2, 0) is 26.3 Å². The molecule has 5 nitrogen and oxygen atoms in total. The van der Waals surface area contributed by atoms with Crippen LogP contribution in [0.5, 0.6) is 0 Å². The smallest absolute Gasteiger partial charge is 0.233 e. The van der Waals surface area contributed by atoms with Crippen LogP contribution in [0, 0.1) is 13.8 Å². The Morgan fingerprint density at radius 1 is 0.971 bits per heavy atom. The van der Waals surface area contributed by atoms with Crippen LogP contribution in [0.15, 0.2) is 48.5 Å². The lowest BCUT2D eigenvalue weighted by Gasteiger charge is -2.43. The van der Waals surface area contributed by atoms with Crippen molar-refractivity contribution in [2.45, 2.75) is 82.8 Å². The summed E-state index contributed by atoms with van der Waals surface area (Å²) in [7, 11) is 0. The molecule has 0 N–H and O–H groups in total. The van der Waals surface area contributed by atoms with Crippen LogP contribution in [0.4, 0.5) is 0 Å². The fourth-order valence-electron chi connectivity index (χ4n) is 6.47. The quantitative estimate of drug-likeness (QED) is 0.632. The van der Waals surface area contributed by atoms with Crippen LogP contribution in [0.1, 0.15) is 67.2 Å². The first-order valence-electron chi connectivity index (χ1n) is 13.3. The molecule has 0 aromatic heterocycles. The van der Waals surface area contributed by atoms with E-state index in [1.165, 1.54) is 16.7 Å². The second-order valence-electron chi connectivity index (χ2n) is 10.7. The lowest BCUT2D eigenvalue weighted by molar-refractivity contribution is -0.145. The zero-order valence-electron chi connectivity index (χ0n) is 21.2. The summed E-state index contributed by atoms with van der Waals surface area (Å²) >= 11 is 0. The van der Waals surface area contributed by atoms with Crippen LogP contribution in [0.25, 0.3) is 0 Å². The first kappa shape index (κ1) is 24.1. The Morgan fingerprint density at radius 2 is 1.74 bits per heavy atom. The van der Waals surface area contributed by atoms with E-state index >= 15 is 0 Å². The lowest BCUT2D eigenvalue weighted by atomic mass is 9.72. The van der Waals surface area contributed by atoms with Gasteiger partial charge < -0.3 is 14.5 Å². The maximum absolute atomic E-state index is 14.4. The highest BCUT2D eigenvalue weighted by Crippen LogP contribution is 2.41. The zero-order chi connectivity index (χ0) is 24.4. The van der Waals surface area contributed by atoms with Gasteiger partial charge in [0.2, 0.25) is 11.8 Å². The molecule has 0 radical (unpaired) electrons. The molecule has 186 valence electrons. The summed E-state index contributed by atoms with van der Waals surface area (Å²) in [5.41, 5.74) is 4.16. The van der Waals surface area contributed by atoms with Gasteiger partial charge in [-0.3, -0.25) is 9.59 Å². The SMILES string of the molecule is Cc1ccc(C2(C(=O)N3CC[C@@H]4[C@@H]3CCCCC(=O)N4Cc3cccc(C)c3)CCOCC2)cc1. The molecule has 5 heteroatoms. The third-order valence-corrected chi connectivity index (χ3v) is 8.43. The van der Waals surface area contributed by atoms with Crippen molar-refractivity contribution in [2.75, 3.05) is 19.8 Å². The first-order chi connectivity index (χ1) is 17.0. The lowest BCUT2D eigenvalue weighted by Crippen LogP contribution is -2.55. The minimum atomic E-state index is -0.533. The number of ether oxygens (including phenoxy) is 1. The predicted molar refractivity (Wildman–Crippen MR) is 137 cm³/mol. The molecule has 0 saturated carbocycles. The van der Waals surface area contributed by atoms with Gasteiger partial charge in [-0.1, -0.05) is 66.1 Å². The molecule has 0 aliphatic carbocycles. The van der Waals surface area contributed by atoms with Crippen LogP contribution in [0.3, 0.4) is 0 Å². The van der Waals surface area contributed by atoms with E-state index in [1.807, 2.05) is 0 Å². The molecule has 3 saturated heterocycles. The van der Waals surface area contributed by atoms with Crippen molar-refractivity contribution in [3.8, 4) is 0 Å². The Kier molecular flexibility index (Phi) is 6.97. The van der Waals surface area contributed by atoms with Gasteiger partial charge in [0.1, 0.15) is 0 Å². The summed E-state index contributed by atoms with van der Waals surface area (Å²) in [6, 6.07) is 17.1.